The third kappa shape index (κ3) is 2.47. The van der Waals surface area contributed by atoms with Gasteiger partial charge in [-0.25, -0.2) is 4.79 Å². The summed E-state index contributed by atoms with van der Waals surface area (Å²) in [7, 11) is 1.31. The van der Waals surface area contributed by atoms with Crippen molar-refractivity contribution in [1.82, 2.24) is 9.78 Å². The molecule has 0 aliphatic heterocycles. The molecule has 0 aliphatic carbocycles. The van der Waals surface area contributed by atoms with Crippen LogP contribution in [-0.2, 0) is 9.53 Å². The van der Waals surface area contributed by atoms with Gasteiger partial charge in [-0.3, -0.25) is 0 Å². The average Bonchev–Trinajstić information content (AvgIpc) is 2.56. The number of carbonyl (C=O) groups is 1. The predicted molar refractivity (Wildman–Crippen MR) is 52.4 cm³/mol. The van der Waals surface area contributed by atoms with Gasteiger partial charge in [0.05, 0.1) is 17.9 Å². The smallest absolute Gasteiger partial charge is 0.408 e. The van der Waals surface area contributed by atoms with Crippen LogP contribution < -0.4 is 0 Å². The molecule has 0 saturated carbocycles. The Balaban J connectivity index is 3.06. The number of ether oxygens (including phenoxy) is 1. The van der Waals surface area contributed by atoms with E-state index in [-0.39, 0.29) is 11.6 Å². The summed E-state index contributed by atoms with van der Waals surface area (Å²) in [5, 5.41) is 22.6. The summed E-state index contributed by atoms with van der Waals surface area (Å²) in [5.41, 5.74) is 0. The number of rotatable bonds is 5. The Morgan fingerprint density at radius 2 is 2.50 bits per heavy atom. The standard InChI is InChI=1S/C7H8ClN3O5/c1-16-3-5(7(12)13)10-2-4(8)6(9-10)11(14)15/h2,5H,3H2,1H3,(H,12,13). The number of aromatic nitrogens is 2. The van der Waals surface area contributed by atoms with Gasteiger partial charge in [-0.1, -0.05) is 11.6 Å². The monoisotopic (exact) mass is 249 g/mol. The summed E-state index contributed by atoms with van der Waals surface area (Å²) in [4.78, 5) is 20.5. The van der Waals surface area contributed by atoms with Crippen LogP contribution >= 0.6 is 11.6 Å². The molecule has 1 aromatic heterocycles. The molecule has 1 unspecified atom stereocenters. The van der Waals surface area contributed by atoms with Crippen LogP contribution in [-0.4, -0.2) is 39.5 Å². The van der Waals surface area contributed by atoms with Gasteiger partial charge in [0.1, 0.15) is 0 Å². The first kappa shape index (κ1) is 12.4. The Hall–Kier alpha value is -1.67. The number of hydrogen-bond donors (Lipinski definition) is 1. The number of nitro groups is 1. The van der Waals surface area contributed by atoms with Crippen LogP contribution in [0.1, 0.15) is 6.04 Å². The van der Waals surface area contributed by atoms with E-state index in [9.17, 15) is 14.9 Å². The predicted octanol–water partition coefficient (Wildman–Crippen LogP) is 0.717. The normalized spacial score (nSPS) is 12.4. The van der Waals surface area contributed by atoms with Gasteiger partial charge in [0.15, 0.2) is 11.1 Å². The zero-order chi connectivity index (χ0) is 12.3. The van der Waals surface area contributed by atoms with E-state index >= 15 is 0 Å². The largest absolute Gasteiger partial charge is 0.480 e. The van der Waals surface area contributed by atoms with Gasteiger partial charge in [-0.2, -0.15) is 4.68 Å². The molecular weight excluding hydrogens is 242 g/mol. The number of carboxylic acids is 1. The summed E-state index contributed by atoms with van der Waals surface area (Å²) < 4.78 is 5.57. The Kier molecular flexibility index (Phi) is 3.80. The van der Waals surface area contributed by atoms with Crippen LogP contribution in [0.2, 0.25) is 5.02 Å². The molecule has 1 atom stereocenters. The maximum Gasteiger partial charge on any atom is 0.408 e. The molecule has 1 N–H and O–H groups in total. The molecule has 0 aliphatic rings. The van der Waals surface area contributed by atoms with Gasteiger partial charge in [0, 0.05) is 7.11 Å². The third-order valence-electron chi connectivity index (χ3n) is 1.77. The molecule has 0 saturated heterocycles. The number of nitrogens with zero attached hydrogens (tertiary/aromatic N) is 3. The molecule has 16 heavy (non-hydrogen) atoms. The molecular formula is C7H8ClN3O5. The number of hydrogen-bond acceptors (Lipinski definition) is 5. The quantitative estimate of drug-likeness (QED) is 0.608. The lowest BCUT2D eigenvalue weighted by Crippen LogP contribution is -2.24. The molecule has 0 radical (unpaired) electrons. The molecule has 88 valence electrons. The maximum absolute atomic E-state index is 10.8. The lowest BCUT2D eigenvalue weighted by atomic mass is 10.3. The Labute approximate surface area is 94.5 Å². The van der Waals surface area contributed by atoms with Crippen LogP contribution in [0.15, 0.2) is 6.20 Å². The van der Waals surface area contributed by atoms with Crippen molar-refractivity contribution in [3.05, 3.63) is 21.3 Å². The minimum absolute atomic E-state index is 0.162. The van der Waals surface area contributed by atoms with E-state index in [4.69, 9.17) is 16.7 Å². The Bertz CT molecular complexity index is 418. The molecule has 0 fully saturated rings. The fourth-order valence-corrected chi connectivity index (χ4v) is 1.27. The highest BCUT2D eigenvalue weighted by Crippen LogP contribution is 2.23. The Morgan fingerprint density at radius 3 is 2.88 bits per heavy atom. The maximum atomic E-state index is 10.8. The van der Waals surface area contributed by atoms with Crippen molar-refractivity contribution in [2.45, 2.75) is 6.04 Å². The zero-order valence-corrected chi connectivity index (χ0v) is 8.92. The van der Waals surface area contributed by atoms with E-state index < -0.39 is 22.8 Å². The molecule has 1 rings (SSSR count). The van der Waals surface area contributed by atoms with E-state index in [1.807, 2.05) is 0 Å². The van der Waals surface area contributed by atoms with Gasteiger partial charge in [-0.05, 0) is 4.92 Å². The zero-order valence-electron chi connectivity index (χ0n) is 8.16. The lowest BCUT2D eigenvalue weighted by Gasteiger charge is -2.07. The van der Waals surface area contributed by atoms with E-state index in [0.29, 0.717) is 0 Å². The molecule has 0 amide bonds. The van der Waals surface area contributed by atoms with Crippen molar-refractivity contribution in [2.75, 3.05) is 13.7 Å². The van der Waals surface area contributed by atoms with E-state index in [0.717, 1.165) is 10.9 Å². The summed E-state index contributed by atoms with van der Waals surface area (Å²) in [6, 6.07) is -1.14. The van der Waals surface area contributed by atoms with Gasteiger partial charge in [-0.15, -0.1) is 0 Å². The number of methoxy groups -OCH3 is 1. The van der Waals surface area contributed by atoms with Crippen LogP contribution in [0, 0.1) is 10.1 Å². The molecule has 0 spiro atoms. The highest BCUT2D eigenvalue weighted by atomic mass is 35.5. The van der Waals surface area contributed by atoms with E-state index in [1.165, 1.54) is 7.11 Å². The van der Waals surface area contributed by atoms with E-state index in [1.54, 1.807) is 0 Å². The van der Waals surface area contributed by atoms with Crippen LogP contribution in [0.3, 0.4) is 0 Å². The van der Waals surface area contributed by atoms with Crippen molar-refractivity contribution in [3.8, 4) is 0 Å². The second-order valence-electron chi connectivity index (χ2n) is 2.85. The molecule has 1 aromatic rings. The number of carboxylic acid groups (broad SMARTS) is 1. The topological polar surface area (TPSA) is 107 Å². The Morgan fingerprint density at radius 1 is 1.88 bits per heavy atom. The first-order chi connectivity index (χ1) is 7.47. The highest BCUT2D eigenvalue weighted by Gasteiger charge is 2.28. The van der Waals surface area contributed by atoms with Crippen molar-refractivity contribution >= 4 is 23.4 Å². The number of halogens is 1. The second-order valence-corrected chi connectivity index (χ2v) is 3.25. The molecule has 8 nitrogen and oxygen atoms in total. The van der Waals surface area contributed by atoms with Crippen molar-refractivity contribution in [1.29, 1.82) is 0 Å². The first-order valence-corrected chi connectivity index (χ1v) is 4.46. The van der Waals surface area contributed by atoms with Crippen LogP contribution in [0.5, 0.6) is 0 Å². The van der Waals surface area contributed by atoms with Crippen molar-refractivity contribution < 1.29 is 19.6 Å². The minimum Gasteiger partial charge on any atom is -0.480 e. The summed E-state index contributed by atoms with van der Waals surface area (Å²) >= 11 is 5.53. The summed E-state index contributed by atoms with van der Waals surface area (Å²) in [6.45, 7) is -0.162. The summed E-state index contributed by atoms with van der Waals surface area (Å²) in [6.07, 6.45) is 1.08. The fraction of sp³-hybridized carbons (Fsp3) is 0.429. The molecule has 1 heterocycles. The van der Waals surface area contributed by atoms with Crippen molar-refractivity contribution in [2.24, 2.45) is 0 Å². The SMILES string of the molecule is COCC(C(=O)O)n1cc(Cl)c([N+](=O)[O-])n1. The van der Waals surface area contributed by atoms with Gasteiger partial charge < -0.3 is 20.0 Å². The van der Waals surface area contributed by atoms with Gasteiger partial charge >= 0.3 is 11.8 Å². The molecule has 0 bridgehead atoms. The van der Waals surface area contributed by atoms with Crippen molar-refractivity contribution in [3.63, 3.8) is 0 Å². The fourth-order valence-electron chi connectivity index (χ4n) is 1.06. The van der Waals surface area contributed by atoms with Crippen LogP contribution in [0.25, 0.3) is 0 Å². The molecule has 0 aromatic carbocycles. The number of aliphatic carboxylic acids is 1. The van der Waals surface area contributed by atoms with Crippen LogP contribution in [0.4, 0.5) is 5.82 Å². The highest BCUT2D eigenvalue weighted by molar-refractivity contribution is 6.32. The average molecular weight is 250 g/mol. The molecule has 9 heteroatoms. The third-order valence-corrected chi connectivity index (χ3v) is 2.04. The first-order valence-electron chi connectivity index (χ1n) is 4.08. The lowest BCUT2D eigenvalue weighted by molar-refractivity contribution is -0.389. The second kappa shape index (κ2) is 4.90. The van der Waals surface area contributed by atoms with Gasteiger partial charge in [0.25, 0.3) is 0 Å². The summed E-state index contributed by atoms with van der Waals surface area (Å²) in [5.74, 6) is -1.79. The van der Waals surface area contributed by atoms with Gasteiger partial charge in [0.2, 0.25) is 0 Å². The van der Waals surface area contributed by atoms with E-state index in [2.05, 4.69) is 9.84 Å². The minimum atomic E-state index is -1.21.